The van der Waals surface area contributed by atoms with Gasteiger partial charge in [0.1, 0.15) is 13.2 Å². The molecule has 0 radical (unpaired) electrons. The zero-order chi connectivity index (χ0) is 49.9. The van der Waals surface area contributed by atoms with Crippen LogP contribution in [0.2, 0.25) is 0 Å². The number of rotatable bonds is 56. The fourth-order valence-corrected chi connectivity index (χ4v) is 10.0. The first-order valence-corrected chi connectivity index (χ1v) is 31.5. The first kappa shape index (κ1) is 67.2. The highest BCUT2D eigenvalue weighted by Crippen LogP contribution is 2.43. The summed E-state index contributed by atoms with van der Waals surface area (Å²) in [5, 5.41) is 14.0. The Hall–Kier alpha value is -0.760. The maximum absolute atomic E-state index is 13.0. The molecular weight excluding hydrogens is 864 g/mol. The van der Waals surface area contributed by atoms with Gasteiger partial charge >= 0.3 is 7.82 Å². The molecule has 0 bridgehead atoms. The van der Waals surface area contributed by atoms with Crippen molar-refractivity contribution in [3.8, 4) is 0 Å². The molecule has 0 rings (SSSR count). The average Bonchev–Trinajstić information content (AvgIpc) is 3.30. The molecule has 0 aromatic carbocycles. The molecule has 3 unspecified atom stereocenters. The molecule has 0 saturated heterocycles. The number of phosphoric ester groups is 1. The molecule has 3 atom stereocenters. The van der Waals surface area contributed by atoms with Crippen LogP contribution in [0.4, 0.5) is 0 Å². The van der Waals surface area contributed by atoms with E-state index in [0.29, 0.717) is 23.9 Å². The fourth-order valence-electron chi connectivity index (χ4n) is 9.28. The predicted octanol–water partition coefficient (Wildman–Crippen LogP) is 18.2. The molecule has 0 aliphatic heterocycles. The monoisotopic (exact) mass is 984 g/mol. The van der Waals surface area contributed by atoms with E-state index in [2.05, 4.69) is 31.3 Å². The van der Waals surface area contributed by atoms with Crippen molar-refractivity contribution in [2.75, 3.05) is 40.9 Å². The van der Waals surface area contributed by atoms with E-state index in [9.17, 15) is 19.4 Å². The molecule has 0 saturated carbocycles. The molecule has 0 aromatic rings. The Morgan fingerprint density at radius 1 is 0.485 bits per heavy atom. The van der Waals surface area contributed by atoms with Gasteiger partial charge in [-0.3, -0.25) is 13.8 Å². The Morgan fingerprint density at radius 3 is 1.13 bits per heavy atom. The Kier molecular flexibility index (Phi) is 50.6. The lowest BCUT2D eigenvalue weighted by molar-refractivity contribution is -0.870. The summed E-state index contributed by atoms with van der Waals surface area (Å²) >= 11 is 0. The number of carbonyl (C=O) groups excluding carboxylic acids is 1. The lowest BCUT2D eigenvalue weighted by atomic mass is 10.0. The third kappa shape index (κ3) is 53.0. The molecule has 8 nitrogen and oxygen atoms in total. The summed E-state index contributed by atoms with van der Waals surface area (Å²) < 4.78 is 23.7. The second-order valence-corrected chi connectivity index (χ2v) is 23.5. The second-order valence-electron chi connectivity index (χ2n) is 22.1. The maximum atomic E-state index is 13.0. The van der Waals surface area contributed by atoms with Crippen LogP contribution >= 0.6 is 7.82 Å². The van der Waals surface area contributed by atoms with E-state index in [1.54, 1.807) is 0 Å². The number of likely N-dealkylation sites (N-methyl/N-ethyl adjacent to an activating group) is 1. The quantitative estimate of drug-likeness (QED) is 0.0243. The summed E-state index contributed by atoms with van der Waals surface area (Å²) in [7, 11) is 1.63. The number of hydrogen-bond donors (Lipinski definition) is 3. The Balaban J connectivity index is 3.93. The summed E-state index contributed by atoms with van der Waals surface area (Å²) in [6.07, 6.45) is 62.9. The summed E-state index contributed by atoms with van der Waals surface area (Å²) in [4.78, 5) is 23.3. The van der Waals surface area contributed by atoms with Crippen molar-refractivity contribution < 1.29 is 32.9 Å². The summed E-state index contributed by atoms with van der Waals surface area (Å²) in [6.45, 7) is 4.92. The number of nitrogens with zero attached hydrogens (tertiary/aromatic N) is 1. The number of amides is 1. The van der Waals surface area contributed by atoms with Gasteiger partial charge in [-0.2, -0.15) is 0 Å². The van der Waals surface area contributed by atoms with Crippen molar-refractivity contribution in [1.29, 1.82) is 0 Å². The van der Waals surface area contributed by atoms with Crippen LogP contribution in [0.1, 0.15) is 309 Å². The normalized spacial score (nSPS) is 13.9. The molecule has 3 N–H and O–H groups in total. The van der Waals surface area contributed by atoms with E-state index < -0.39 is 20.0 Å². The lowest BCUT2D eigenvalue weighted by Crippen LogP contribution is -2.46. The molecule has 0 heterocycles. The first-order chi connectivity index (χ1) is 33.0. The van der Waals surface area contributed by atoms with Gasteiger partial charge in [0, 0.05) is 6.42 Å². The minimum Gasteiger partial charge on any atom is -0.391 e. The van der Waals surface area contributed by atoms with E-state index in [1.807, 2.05) is 21.1 Å². The van der Waals surface area contributed by atoms with E-state index in [-0.39, 0.29) is 19.1 Å². The van der Waals surface area contributed by atoms with Crippen molar-refractivity contribution in [3.05, 3.63) is 12.2 Å². The van der Waals surface area contributed by atoms with Gasteiger partial charge in [-0.05, 0) is 38.5 Å². The summed E-state index contributed by atoms with van der Waals surface area (Å²) in [6, 6.07) is -0.755. The third-order valence-electron chi connectivity index (χ3n) is 14.0. The SMILES string of the molecule is CCCCCCCCCC/C=C\CCCCCCCCCCCCCCCCCCCCCCCC(=O)NC(COP(=O)(O)OCC[N+](C)(C)C)C(O)CCCCCCCCCCCCCCC. The Morgan fingerprint density at radius 2 is 0.794 bits per heavy atom. The summed E-state index contributed by atoms with van der Waals surface area (Å²) in [5.74, 6) is -0.138. The number of quaternary nitrogens is 1. The van der Waals surface area contributed by atoms with Crippen LogP contribution in [0.3, 0.4) is 0 Å². The van der Waals surface area contributed by atoms with Gasteiger partial charge in [-0.1, -0.05) is 276 Å². The first-order valence-electron chi connectivity index (χ1n) is 30.1. The molecule has 0 aliphatic carbocycles. The van der Waals surface area contributed by atoms with Crippen LogP contribution in [-0.2, 0) is 18.4 Å². The highest BCUT2D eigenvalue weighted by molar-refractivity contribution is 7.47. The van der Waals surface area contributed by atoms with Crippen LogP contribution in [-0.4, -0.2) is 73.4 Å². The van der Waals surface area contributed by atoms with Crippen LogP contribution in [0, 0.1) is 0 Å². The van der Waals surface area contributed by atoms with Crippen LogP contribution < -0.4 is 5.32 Å². The number of aliphatic hydroxyl groups excluding tert-OH is 1. The number of aliphatic hydroxyl groups is 1. The molecule has 0 spiro atoms. The molecule has 0 aliphatic rings. The number of unbranched alkanes of at least 4 members (excludes halogenated alkanes) is 41. The van der Waals surface area contributed by atoms with Gasteiger partial charge in [0.2, 0.25) is 5.91 Å². The van der Waals surface area contributed by atoms with Crippen LogP contribution in [0.5, 0.6) is 0 Å². The van der Waals surface area contributed by atoms with Crippen molar-refractivity contribution in [1.82, 2.24) is 5.32 Å². The molecule has 0 aromatic heterocycles. The number of nitrogens with one attached hydrogen (secondary N) is 1. The third-order valence-corrected chi connectivity index (χ3v) is 15.0. The number of allylic oxidation sites excluding steroid dienone is 2. The molecule has 406 valence electrons. The van der Waals surface area contributed by atoms with Crippen molar-refractivity contribution in [2.24, 2.45) is 0 Å². The molecular formula is C59H120N2O6P+. The van der Waals surface area contributed by atoms with Crippen LogP contribution in [0.15, 0.2) is 12.2 Å². The molecule has 9 heteroatoms. The van der Waals surface area contributed by atoms with Gasteiger partial charge in [-0.15, -0.1) is 0 Å². The largest absolute Gasteiger partial charge is 0.472 e. The van der Waals surface area contributed by atoms with Crippen molar-refractivity contribution >= 4 is 13.7 Å². The van der Waals surface area contributed by atoms with Gasteiger partial charge in [0.15, 0.2) is 0 Å². The van der Waals surface area contributed by atoms with Gasteiger partial charge in [0.25, 0.3) is 0 Å². The van der Waals surface area contributed by atoms with E-state index in [4.69, 9.17) is 9.05 Å². The fraction of sp³-hybridized carbons (Fsp3) is 0.949. The predicted molar refractivity (Wildman–Crippen MR) is 295 cm³/mol. The summed E-state index contributed by atoms with van der Waals surface area (Å²) in [5.41, 5.74) is 0. The average molecular weight is 985 g/mol. The van der Waals surface area contributed by atoms with Gasteiger partial charge < -0.3 is 19.8 Å². The highest BCUT2D eigenvalue weighted by Gasteiger charge is 2.28. The zero-order valence-corrected chi connectivity index (χ0v) is 47.3. The lowest BCUT2D eigenvalue weighted by Gasteiger charge is -2.26. The maximum Gasteiger partial charge on any atom is 0.472 e. The number of hydrogen-bond acceptors (Lipinski definition) is 5. The Bertz CT molecular complexity index is 1120. The zero-order valence-electron chi connectivity index (χ0n) is 46.4. The van der Waals surface area contributed by atoms with E-state index >= 15 is 0 Å². The van der Waals surface area contributed by atoms with Crippen LogP contribution in [0.25, 0.3) is 0 Å². The topological polar surface area (TPSA) is 105 Å². The van der Waals surface area contributed by atoms with Gasteiger partial charge in [-0.25, -0.2) is 4.57 Å². The van der Waals surface area contributed by atoms with E-state index in [1.165, 1.54) is 244 Å². The standard InChI is InChI=1S/C59H119N2O6P/c1-6-8-10-12-14-16-18-20-21-22-23-24-25-26-27-28-29-30-31-32-33-34-35-36-37-38-39-41-43-45-47-49-51-53-59(63)60-57(56-67-68(64,65)66-55-54-61(3,4)5)58(62)52-50-48-46-44-42-40-19-17-15-13-11-9-7-2/h22-23,57-58,62H,6-21,24-56H2,1-5H3,(H-,60,63,64,65)/p+1/b23-22-. The Labute approximate surface area is 424 Å². The van der Waals surface area contributed by atoms with Crippen molar-refractivity contribution in [2.45, 2.75) is 321 Å². The number of carbonyl (C=O) groups is 1. The minimum absolute atomic E-state index is 0.0780. The van der Waals surface area contributed by atoms with Gasteiger partial charge in [0.05, 0.1) is 39.9 Å². The molecule has 0 fully saturated rings. The molecule has 68 heavy (non-hydrogen) atoms. The molecule has 1 amide bonds. The minimum atomic E-state index is -4.31. The second kappa shape index (κ2) is 51.2. The highest BCUT2D eigenvalue weighted by atomic mass is 31.2. The smallest absolute Gasteiger partial charge is 0.391 e. The van der Waals surface area contributed by atoms with E-state index in [0.717, 1.165) is 38.5 Å². The van der Waals surface area contributed by atoms with Crippen molar-refractivity contribution in [3.63, 3.8) is 0 Å². The number of phosphoric acid groups is 1.